The molecule has 2 aliphatic rings. The molecule has 1 saturated carbocycles. The van der Waals surface area contributed by atoms with Crippen molar-refractivity contribution in [2.24, 2.45) is 0 Å². The van der Waals surface area contributed by atoms with E-state index >= 15 is 0 Å². The van der Waals surface area contributed by atoms with E-state index in [1.165, 1.54) is 6.42 Å². The number of carbonyl (C=O) groups is 2. The summed E-state index contributed by atoms with van der Waals surface area (Å²) in [7, 11) is 0. The monoisotopic (exact) mass is 357 g/mol. The van der Waals surface area contributed by atoms with Crippen LogP contribution in [0.2, 0.25) is 0 Å². The molecule has 1 N–H and O–H groups in total. The second-order valence-electron chi connectivity index (χ2n) is 7.02. The SMILES string of the molecule is CCCC(OC(=O)C1=Cc2ccccc2OC1)C(=O)NC1CCCCC1. The van der Waals surface area contributed by atoms with Crippen molar-refractivity contribution in [1.82, 2.24) is 5.32 Å². The smallest absolute Gasteiger partial charge is 0.338 e. The molecular formula is C21H27NO4. The Bertz CT molecular complexity index is 676. The van der Waals surface area contributed by atoms with E-state index in [2.05, 4.69) is 5.32 Å². The summed E-state index contributed by atoms with van der Waals surface area (Å²) in [6.45, 7) is 2.15. The van der Waals surface area contributed by atoms with Crippen LogP contribution in [0.4, 0.5) is 0 Å². The highest BCUT2D eigenvalue weighted by Crippen LogP contribution is 2.26. The number of amides is 1. The first-order chi connectivity index (χ1) is 12.7. The molecule has 1 atom stereocenters. The van der Waals surface area contributed by atoms with Crippen molar-refractivity contribution in [3.63, 3.8) is 0 Å². The van der Waals surface area contributed by atoms with Gasteiger partial charge in [-0.15, -0.1) is 0 Å². The maximum atomic E-state index is 12.6. The highest BCUT2D eigenvalue weighted by atomic mass is 16.6. The molecule has 1 aromatic rings. The summed E-state index contributed by atoms with van der Waals surface area (Å²) in [5.41, 5.74) is 1.29. The molecule has 1 amide bonds. The first-order valence-electron chi connectivity index (χ1n) is 9.61. The van der Waals surface area contributed by atoms with Gasteiger partial charge in [-0.25, -0.2) is 4.79 Å². The van der Waals surface area contributed by atoms with Crippen LogP contribution in [0.25, 0.3) is 6.08 Å². The lowest BCUT2D eigenvalue weighted by molar-refractivity contribution is -0.153. The molecule has 0 aromatic heterocycles. The van der Waals surface area contributed by atoms with Crippen LogP contribution in [0.3, 0.4) is 0 Å². The molecule has 5 nitrogen and oxygen atoms in total. The van der Waals surface area contributed by atoms with Crippen LogP contribution in [-0.4, -0.2) is 30.6 Å². The predicted molar refractivity (Wildman–Crippen MR) is 99.7 cm³/mol. The molecular weight excluding hydrogens is 330 g/mol. The molecule has 1 unspecified atom stereocenters. The highest BCUT2D eigenvalue weighted by Gasteiger charge is 2.27. The molecule has 26 heavy (non-hydrogen) atoms. The third kappa shape index (κ3) is 4.65. The van der Waals surface area contributed by atoms with Crippen molar-refractivity contribution in [1.29, 1.82) is 0 Å². The Morgan fingerprint density at radius 1 is 1.23 bits per heavy atom. The van der Waals surface area contributed by atoms with Gasteiger partial charge in [-0.2, -0.15) is 0 Å². The molecule has 1 aromatic carbocycles. The lowest BCUT2D eigenvalue weighted by atomic mass is 9.95. The van der Waals surface area contributed by atoms with Gasteiger partial charge in [0.1, 0.15) is 12.4 Å². The first kappa shape index (κ1) is 18.5. The topological polar surface area (TPSA) is 64.6 Å². The van der Waals surface area contributed by atoms with Crippen LogP contribution in [0.15, 0.2) is 29.8 Å². The summed E-state index contributed by atoms with van der Waals surface area (Å²) < 4.78 is 11.2. The average molecular weight is 357 g/mol. The van der Waals surface area contributed by atoms with E-state index in [4.69, 9.17) is 9.47 Å². The van der Waals surface area contributed by atoms with Crippen LogP contribution in [0.5, 0.6) is 5.75 Å². The first-order valence-corrected chi connectivity index (χ1v) is 9.61. The Morgan fingerprint density at radius 3 is 2.77 bits per heavy atom. The Hall–Kier alpha value is -2.30. The largest absolute Gasteiger partial charge is 0.488 e. The Balaban J connectivity index is 1.63. The number of nitrogens with one attached hydrogen (secondary N) is 1. The van der Waals surface area contributed by atoms with Gasteiger partial charge in [0.2, 0.25) is 0 Å². The lowest BCUT2D eigenvalue weighted by Crippen LogP contribution is -2.44. The average Bonchev–Trinajstić information content (AvgIpc) is 2.68. The highest BCUT2D eigenvalue weighted by molar-refractivity contribution is 5.97. The van der Waals surface area contributed by atoms with Crippen molar-refractivity contribution in [3.8, 4) is 5.75 Å². The number of benzene rings is 1. The number of hydrogen-bond acceptors (Lipinski definition) is 4. The molecule has 0 bridgehead atoms. The van der Waals surface area contributed by atoms with Crippen LogP contribution in [0.1, 0.15) is 57.4 Å². The number of carbonyl (C=O) groups excluding carboxylic acids is 2. The second-order valence-corrected chi connectivity index (χ2v) is 7.02. The second kappa shape index (κ2) is 8.88. The zero-order valence-corrected chi connectivity index (χ0v) is 15.3. The van der Waals surface area contributed by atoms with E-state index < -0.39 is 12.1 Å². The molecule has 5 heteroatoms. The summed E-state index contributed by atoms with van der Waals surface area (Å²) in [4.78, 5) is 25.1. The van der Waals surface area contributed by atoms with Crippen molar-refractivity contribution < 1.29 is 19.1 Å². The summed E-state index contributed by atoms with van der Waals surface area (Å²) in [6, 6.07) is 7.75. The van der Waals surface area contributed by atoms with Crippen molar-refractivity contribution in [3.05, 3.63) is 35.4 Å². The van der Waals surface area contributed by atoms with Gasteiger partial charge in [0, 0.05) is 11.6 Å². The lowest BCUT2D eigenvalue weighted by Gasteiger charge is -2.26. The van der Waals surface area contributed by atoms with E-state index in [-0.39, 0.29) is 18.6 Å². The third-order valence-electron chi connectivity index (χ3n) is 4.94. The van der Waals surface area contributed by atoms with Gasteiger partial charge in [-0.05, 0) is 31.4 Å². The Morgan fingerprint density at radius 2 is 2.00 bits per heavy atom. The minimum absolute atomic E-state index is 0.166. The quantitative estimate of drug-likeness (QED) is 0.790. The van der Waals surface area contributed by atoms with Crippen molar-refractivity contribution in [2.75, 3.05) is 6.61 Å². The van der Waals surface area contributed by atoms with Crippen LogP contribution >= 0.6 is 0 Å². The fourth-order valence-electron chi connectivity index (χ4n) is 3.49. The number of rotatable bonds is 6. The molecule has 1 fully saturated rings. The zero-order chi connectivity index (χ0) is 18.4. The van der Waals surface area contributed by atoms with Crippen molar-refractivity contribution in [2.45, 2.75) is 64.0 Å². The van der Waals surface area contributed by atoms with Crippen molar-refractivity contribution >= 4 is 18.0 Å². The van der Waals surface area contributed by atoms with E-state index in [0.29, 0.717) is 12.0 Å². The van der Waals surface area contributed by atoms with Gasteiger partial charge >= 0.3 is 5.97 Å². The standard InChI is InChI=1S/C21H27NO4/c1-2-8-19(20(23)22-17-10-4-3-5-11-17)26-21(24)16-13-15-9-6-7-12-18(15)25-14-16/h6-7,9,12-13,17,19H,2-5,8,10-11,14H2,1H3,(H,22,23). The minimum Gasteiger partial charge on any atom is -0.488 e. The Kier molecular flexibility index (Phi) is 6.31. The van der Waals surface area contributed by atoms with Crippen LogP contribution in [-0.2, 0) is 14.3 Å². The van der Waals surface area contributed by atoms with Crippen LogP contribution < -0.4 is 10.1 Å². The molecule has 1 aliphatic heterocycles. The number of para-hydroxylation sites is 1. The summed E-state index contributed by atoms with van der Waals surface area (Å²) in [6.07, 6.45) is 7.87. The van der Waals surface area contributed by atoms with E-state index in [1.54, 1.807) is 6.08 Å². The summed E-state index contributed by atoms with van der Waals surface area (Å²) in [5, 5.41) is 3.06. The maximum absolute atomic E-state index is 12.6. The fourth-order valence-corrected chi connectivity index (χ4v) is 3.49. The van der Waals surface area contributed by atoms with Gasteiger partial charge in [0.05, 0.1) is 5.57 Å². The molecule has 140 valence electrons. The molecule has 0 saturated heterocycles. The van der Waals surface area contributed by atoms with Gasteiger partial charge in [-0.3, -0.25) is 4.79 Å². The minimum atomic E-state index is -0.743. The molecule has 3 rings (SSSR count). The van der Waals surface area contributed by atoms with Gasteiger partial charge in [-0.1, -0.05) is 50.8 Å². The zero-order valence-electron chi connectivity index (χ0n) is 15.3. The molecule has 1 heterocycles. The molecule has 0 spiro atoms. The molecule has 1 aliphatic carbocycles. The summed E-state index contributed by atoms with van der Waals surface area (Å²) >= 11 is 0. The number of esters is 1. The van der Waals surface area contributed by atoms with Crippen LogP contribution in [0, 0.1) is 0 Å². The Labute approximate surface area is 154 Å². The van der Waals surface area contributed by atoms with Gasteiger partial charge in [0.25, 0.3) is 5.91 Å². The van der Waals surface area contributed by atoms with Gasteiger partial charge < -0.3 is 14.8 Å². The van der Waals surface area contributed by atoms with E-state index in [1.807, 2.05) is 31.2 Å². The maximum Gasteiger partial charge on any atom is 0.338 e. The number of ether oxygens (including phenoxy) is 2. The normalized spacial score (nSPS) is 18.1. The third-order valence-corrected chi connectivity index (χ3v) is 4.94. The summed E-state index contributed by atoms with van der Waals surface area (Å²) in [5.74, 6) is 0.103. The number of fused-ring (bicyclic) bond motifs is 1. The van der Waals surface area contributed by atoms with E-state index in [9.17, 15) is 9.59 Å². The van der Waals surface area contributed by atoms with E-state index in [0.717, 1.165) is 43.4 Å². The molecule has 0 radical (unpaired) electrons. The van der Waals surface area contributed by atoms with Gasteiger partial charge in [0.15, 0.2) is 6.10 Å². The number of hydrogen-bond donors (Lipinski definition) is 1. The predicted octanol–water partition coefficient (Wildman–Crippen LogP) is 3.62. The fraction of sp³-hybridized carbons (Fsp3) is 0.524.